The summed E-state index contributed by atoms with van der Waals surface area (Å²) in [5, 5.41) is 4.04. The number of nitrogens with zero attached hydrogens (tertiary/aromatic N) is 3. The van der Waals surface area contributed by atoms with Gasteiger partial charge < -0.3 is 0 Å². The number of sulfonamides is 1. The Hall–Kier alpha value is -2.93. The molecule has 0 saturated carbocycles. The van der Waals surface area contributed by atoms with Crippen molar-refractivity contribution in [1.82, 2.24) is 9.78 Å². The van der Waals surface area contributed by atoms with E-state index in [-0.39, 0.29) is 16.4 Å². The summed E-state index contributed by atoms with van der Waals surface area (Å²) in [7, 11) is -2.44. The van der Waals surface area contributed by atoms with Gasteiger partial charge in [-0.1, -0.05) is 42.5 Å². The van der Waals surface area contributed by atoms with Crippen molar-refractivity contribution < 1.29 is 13.2 Å². The van der Waals surface area contributed by atoms with E-state index in [2.05, 4.69) is 5.10 Å². The first kappa shape index (κ1) is 16.5. The third-order valence-corrected chi connectivity index (χ3v) is 6.25. The zero-order chi connectivity index (χ0) is 18.3. The summed E-state index contributed by atoms with van der Waals surface area (Å²) >= 11 is 0. The van der Waals surface area contributed by atoms with Gasteiger partial charge in [0.1, 0.15) is 0 Å². The Labute approximate surface area is 151 Å². The highest BCUT2D eigenvalue weighted by molar-refractivity contribution is 7.92. The molecule has 26 heavy (non-hydrogen) atoms. The molecule has 2 aromatic carbocycles. The third kappa shape index (κ3) is 2.61. The van der Waals surface area contributed by atoms with Crippen LogP contribution in [0, 0.1) is 0 Å². The van der Waals surface area contributed by atoms with Gasteiger partial charge in [-0.2, -0.15) is 13.5 Å². The predicted molar refractivity (Wildman–Crippen MR) is 97.8 cm³/mol. The summed E-state index contributed by atoms with van der Waals surface area (Å²) < 4.78 is 28.5. The van der Waals surface area contributed by atoms with Crippen molar-refractivity contribution in [3.8, 4) is 0 Å². The van der Waals surface area contributed by atoms with Crippen molar-refractivity contribution in [2.75, 3.05) is 11.4 Å². The first-order valence-corrected chi connectivity index (χ1v) is 9.66. The van der Waals surface area contributed by atoms with Gasteiger partial charge in [-0.15, -0.1) is 0 Å². The van der Waals surface area contributed by atoms with Gasteiger partial charge in [-0.25, -0.2) is 0 Å². The Kier molecular flexibility index (Phi) is 3.88. The van der Waals surface area contributed by atoms with Crippen molar-refractivity contribution in [2.45, 2.75) is 18.0 Å². The maximum absolute atomic E-state index is 12.9. The van der Waals surface area contributed by atoms with Crippen LogP contribution in [0.3, 0.4) is 0 Å². The summed E-state index contributed by atoms with van der Waals surface area (Å²) in [5.74, 6) is -0.325. The lowest BCUT2D eigenvalue weighted by molar-refractivity contribution is 0.103. The lowest BCUT2D eigenvalue weighted by atomic mass is 10.0. The molecule has 3 aromatic rings. The summed E-state index contributed by atoms with van der Waals surface area (Å²) in [6.07, 6.45) is 2.23. The van der Waals surface area contributed by atoms with E-state index in [1.54, 1.807) is 24.3 Å². The standard InChI is InChI=1S/C19H17N3O3S/c1-21-17-10-6-5-9-15(17)18(23)16-13-22(20-19(16)26(21,24)25)12-11-14-7-3-2-4-8-14/h2-10,13H,11-12H2,1H3. The number of benzene rings is 2. The summed E-state index contributed by atoms with van der Waals surface area (Å²) in [6.45, 7) is 0.491. The van der Waals surface area contributed by atoms with E-state index < -0.39 is 10.0 Å². The Bertz CT molecular complexity index is 1090. The molecule has 0 N–H and O–H groups in total. The number of ketones is 1. The molecule has 1 aromatic heterocycles. The molecule has 132 valence electrons. The Morgan fingerprint density at radius 1 is 0.962 bits per heavy atom. The second kappa shape index (κ2) is 6.10. The van der Waals surface area contributed by atoms with E-state index >= 15 is 0 Å². The molecule has 1 aliphatic rings. The second-order valence-corrected chi connectivity index (χ2v) is 8.05. The molecule has 0 fully saturated rings. The van der Waals surface area contributed by atoms with Gasteiger partial charge in [0.15, 0.2) is 5.78 Å². The molecule has 0 atom stereocenters. The quantitative estimate of drug-likeness (QED) is 0.713. The van der Waals surface area contributed by atoms with Gasteiger partial charge >= 0.3 is 0 Å². The van der Waals surface area contributed by atoms with Crippen molar-refractivity contribution in [1.29, 1.82) is 0 Å². The first-order chi connectivity index (χ1) is 12.5. The minimum absolute atomic E-state index is 0.120. The van der Waals surface area contributed by atoms with Crippen LogP contribution in [0.2, 0.25) is 0 Å². The fourth-order valence-electron chi connectivity index (χ4n) is 3.10. The van der Waals surface area contributed by atoms with E-state index in [1.165, 1.54) is 17.9 Å². The number of fused-ring (bicyclic) bond motifs is 2. The molecule has 6 nitrogen and oxygen atoms in total. The number of hydrogen-bond donors (Lipinski definition) is 0. The number of hydrogen-bond acceptors (Lipinski definition) is 4. The molecule has 4 rings (SSSR count). The summed E-state index contributed by atoms with van der Waals surface area (Å²) in [5.41, 5.74) is 1.97. The third-order valence-electron chi connectivity index (χ3n) is 4.54. The van der Waals surface area contributed by atoms with Gasteiger partial charge in [-0.05, 0) is 24.1 Å². The Balaban J connectivity index is 1.76. The minimum atomic E-state index is -3.89. The average molecular weight is 367 g/mol. The number of anilines is 1. The van der Waals surface area contributed by atoms with Gasteiger partial charge in [-0.3, -0.25) is 13.8 Å². The minimum Gasteiger partial charge on any atom is -0.288 e. The number of carbonyl (C=O) groups is 1. The maximum Gasteiger partial charge on any atom is 0.284 e. The molecule has 0 amide bonds. The first-order valence-electron chi connectivity index (χ1n) is 8.22. The molecule has 0 radical (unpaired) electrons. The van der Waals surface area contributed by atoms with Crippen LogP contribution in [0.5, 0.6) is 0 Å². The van der Waals surface area contributed by atoms with Crippen LogP contribution in [-0.4, -0.2) is 31.0 Å². The molecular weight excluding hydrogens is 350 g/mol. The predicted octanol–water partition coefficient (Wildman–Crippen LogP) is 2.50. The molecule has 1 aliphatic heterocycles. The molecule has 0 aliphatic carbocycles. The lowest BCUT2D eigenvalue weighted by Crippen LogP contribution is -2.27. The summed E-state index contributed by atoms with van der Waals surface area (Å²) in [4.78, 5) is 12.9. The molecule has 0 bridgehead atoms. The maximum atomic E-state index is 12.9. The lowest BCUT2D eigenvalue weighted by Gasteiger charge is -2.17. The van der Waals surface area contributed by atoms with Crippen LogP contribution in [0.1, 0.15) is 21.5 Å². The van der Waals surface area contributed by atoms with Gasteiger partial charge in [0.25, 0.3) is 10.0 Å². The monoisotopic (exact) mass is 367 g/mol. The van der Waals surface area contributed by atoms with E-state index in [0.29, 0.717) is 24.2 Å². The highest BCUT2D eigenvalue weighted by atomic mass is 32.2. The second-order valence-electron chi connectivity index (χ2n) is 6.17. The summed E-state index contributed by atoms with van der Waals surface area (Å²) in [6, 6.07) is 16.5. The molecule has 0 unspecified atom stereocenters. The number of rotatable bonds is 3. The number of para-hydroxylation sites is 1. The molecule has 2 heterocycles. The van der Waals surface area contributed by atoms with Crippen LogP contribution in [0.15, 0.2) is 65.8 Å². The van der Waals surface area contributed by atoms with Crippen LogP contribution in [0.4, 0.5) is 5.69 Å². The van der Waals surface area contributed by atoms with Gasteiger partial charge in [0, 0.05) is 25.4 Å². The van der Waals surface area contributed by atoms with E-state index in [9.17, 15) is 13.2 Å². The van der Waals surface area contributed by atoms with Gasteiger partial charge in [0.05, 0.1) is 11.3 Å². The van der Waals surface area contributed by atoms with Crippen molar-refractivity contribution in [3.63, 3.8) is 0 Å². The molecule has 0 saturated heterocycles. The fraction of sp³-hybridized carbons (Fsp3) is 0.158. The van der Waals surface area contributed by atoms with Crippen LogP contribution < -0.4 is 4.31 Å². The SMILES string of the molecule is CN1c2ccccc2C(=O)c2cn(CCc3ccccc3)nc2S1(=O)=O. The van der Waals surface area contributed by atoms with E-state index in [4.69, 9.17) is 0 Å². The zero-order valence-electron chi connectivity index (χ0n) is 14.2. The highest BCUT2D eigenvalue weighted by Crippen LogP contribution is 2.33. The zero-order valence-corrected chi connectivity index (χ0v) is 15.0. The number of aromatic nitrogens is 2. The van der Waals surface area contributed by atoms with Gasteiger partial charge in [0.2, 0.25) is 5.03 Å². The Morgan fingerprint density at radius 2 is 1.65 bits per heavy atom. The van der Waals surface area contributed by atoms with Crippen LogP contribution in [0.25, 0.3) is 0 Å². The molecule has 0 spiro atoms. The van der Waals surface area contributed by atoms with E-state index in [0.717, 1.165) is 9.87 Å². The van der Waals surface area contributed by atoms with Crippen LogP contribution in [-0.2, 0) is 23.0 Å². The fourth-order valence-corrected chi connectivity index (χ4v) is 4.41. The topological polar surface area (TPSA) is 72.3 Å². The molecular formula is C19H17N3O3S. The number of aryl methyl sites for hydroxylation is 2. The van der Waals surface area contributed by atoms with Crippen molar-refractivity contribution in [3.05, 3.63) is 77.5 Å². The van der Waals surface area contributed by atoms with Crippen LogP contribution >= 0.6 is 0 Å². The average Bonchev–Trinajstić information content (AvgIpc) is 3.09. The largest absolute Gasteiger partial charge is 0.288 e. The highest BCUT2D eigenvalue weighted by Gasteiger charge is 2.36. The molecule has 7 heteroatoms. The van der Waals surface area contributed by atoms with Crippen molar-refractivity contribution in [2.24, 2.45) is 0 Å². The number of carbonyl (C=O) groups excluding carboxylic acids is 1. The normalized spacial score (nSPS) is 15.3. The Morgan fingerprint density at radius 3 is 2.42 bits per heavy atom. The van der Waals surface area contributed by atoms with Crippen molar-refractivity contribution >= 4 is 21.5 Å². The van der Waals surface area contributed by atoms with E-state index in [1.807, 2.05) is 30.3 Å². The smallest absolute Gasteiger partial charge is 0.284 e.